The number of rotatable bonds is 6. The van der Waals surface area contributed by atoms with E-state index in [2.05, 4.69) is 20.0 Å². The van der Waals surface area contributed by atoms with Gasteiger partial charge in [-0.2, -0.15) is 0 Å². The maximum Gasteiger partial charge on any atom is 0.255 e. The third-order valence-corrected chi connectivity index (χ3v) is 4.98. The average molecular weight is 384 g/mol. The van der Waals surface area contributed by atoms with E-state index in [1.54, 1.807) is 24.3 Å². The highest BCUT2D eigenvalue weighted by Crippen LogP contribution is 2.22. The summed E-state index contributed by atoms with van der Waals surface area (Å²) in [6.45, 7) is 0. The van der Waals surface area contributed by atoms with Gasteiger partial charge in [0.25, 0.3) is 5.91 Å². The minimum atomic E-state index is -3.54. The number of benzene rings is 2. The van der Waals surface area contributed by atoms with Crippen molar-refractivity contribution in [1.82, 2.24) is 14.7 Å². The minimum Gasteiger partial charge on any atom is -0.437 e. The molecule has 27 heavy (non-hydrogen) atoms. The summed E-state index contributed by atoms with van der Waals surface area (Å²) in [5, 5.41) is 2.74. The van der Waals surface area contributed by atoms with Crippen LogP contribution in [0.25, 0.3) is 0 Å². The first-order chi connectivity index (χ1) is 13.0. The van der Waals surface area contributed by atoms with Gasteiger partial charge in [-0.05, 0) is 43.4 Å². The summed E-state index contributed by atoms with van der Waals surface area (Å²) in [5.74, 6) is 0.450. The molecule has 8 nitrogen and oxygen atoms in total. The standard InChI is InChI=1S/C18H16N4O4S/c1-19-27(24,25)16-7-5-13(6-8-16)18(23)22-14-3-2-4-15(11-14)26-17-12-20-9-10-21-17/h2-12,19H,1H3,(H,22,23). The van der Waals surface area contributed by atoms with Crippen LogP contribution in [0.15, 0.2) is 72.0 Å². The van der Waals surface area contributed by atoms with E-state index in [0.717, 1.165) is 0 Å². The fourth-order valence-electron chi connectivity index (χ4n) is 2.20. The third kappa shape index (κ3) is 4.66. The van der Waals surface area contributed by atoms with Gasteiger partial charge in [0.2, 0.25) is 15.9 Å². The molecule has 1 heterocycles. The number of hydrogen-bond donors (Lipinski definition) is 2. The highest BCUT2D eigenvalue weighted by molar-refractivity contribution is 7.89. The van der Waals surface area contributed by atoms with Crippen LogP contribution in [0.3, 0.4) is 0 Å². The van der Waals surface area contributed by atoms with Gasteiger partial charge in [0.05, 0.1) is 11.1 Å². The summed E-state index contributed by atoms with van der Waals surface area (Å²) < 4.78 is 31.2. The second kappa shape index (κ2) is 7.94. The van der Waals surface area contributed by atoms with Crippen molar-refractivity contribution >= 4 is 21.6 Å². The van der Waals surface area contributed by atoms with Crippen molar-refractivity contribution in [3.63, 3.8) is 0 Å². The smallest absolute Gasteiger partial charge is 0.255 e. The Morgan fingerprint density at radius 1 is 1.07 bits per heavy atom. The molecule has 1 aromatic heterocycles. The highest BCUT2D eigenvalue weighted by Gasteiger charge is 2.13. The van der Waals surface area contributed by atoms with E-state index in [1.807, 2.05) is 0 Å². The maximum atomic E-state index is 12.4. The molecule has 1 amide bonds. The lowest BCUT2D eigenvalue weighted by atomic mass is 10.2. The molecule has 0 aliphatic rings. The van der Waals surface area contributed by atoms with Crippen molar-refractivity contribution in [2.45, 2.75) is 4.90 Å². The Kier molecular flexibility index (Phi) is 5.43. The van der Waals surface area contributed by atoms with Gasteiger partial charge in [0.15, 0.2) is 0 Å². The van der Waals surface area contributed by atoms with Gasteiger partial charge in [-0.25, -0.2) is 18.1 Å². The Balaban J connectivity index is 1.72. The van der Waals surface area contributed by atoms with E-state index in [-0.39, 0.29) is 10.8 Å². The fourth-order valence-corrected chi connectivity index (χ4v) is 2.93. The molecule has 3 aromatic rings. The van der Waals surface area contributed by atoms with Crippen LogP contribution < -0.4 is 14.8 Å². The monoisotopic (exact) mass is 384 g/mol. The molecule has 0 saturated carbocycles. The molecule has 2 aromatic carbocycles. The summed E-state index contributed by atoms with van der Waals surface area (Å²) >= 11 is 0. The lowest BCUT2D eigenvalue weighted by Crippen LogP contribution is -2.19. The zero-order valence-corrected chi connectivity index (χ0v) is 15.1. The molecular formula is C18H16N4O4S. The molecule has 0 radical (unpaired) electrons. The topological polar surface area (TPSA) is 110 Å². The molecule has 0 bridgehead atoms. The Hall–Kier alpha value is -3.30. The highest BCUT2D eigenvalue weighted by atomic mass is 32.2. The van der Waals surface area contributed by atoms with Crippen LogP contribution in [-0.4, -0.2) is 31.3 Å². The number of amides is 1. The van der Waals surface area contributed by atoms with Crippen LogP contribution in [0.1, 0.15) is 10.4 Å². The molecule has 2 N–H and O–H groups in total. The van der Waals surface area contributed by atoms with Crippen molar-refractivity contribution in [3.8, 4) is 11.6 Å². The number of nitrogens with zero attached hydrogens (tertiary/aromatic N) is 2. The summed E-state index contributed by atoms with van der Waals surface area (Å²) in [7, 11) is -2.22. The molecule has 0 unspecified atom stereocenters. The molecule has 0 fully saturated rings. The lowest BCUT2D eigenvalue weighted by Gasteiger charge is -2.09. The predicted molar refractivity (Wildman–Crippen MR) is 99.2 cm³/mol. The Labute approximate surface area is 156 Å². The largest absolute Gasteiger partial charge is 0.437 e. The van der Waals surface area contributed by atoms with Gasteiger partial charge in [-0.3, -0.25) is 9.78 Å². The Morgan fingerprint density at radius 2 is 1.85 bits per heavy atom. The minimum absolute atomic E-state index is 0.0842. The number of carbonyl (C=O) groups is 1. The van der Waals surface area contributed by atoms with Crippen molar-refractivity contribution in [2.24, 2.45) is 0 Å². The van der Waals surface area contributed by atoms with Crippen LogP contribution in [0.5, 0.6) is 11.6 Å². The van der Waals surface area contributed by atoms with Crippen molar-refractivity contribution in [1.29, 1.82) is 0 Å². The first kappa shape index (κ1) is 18.5. The maximum absolute atomic E-state index is 12.4. The van der Waals surface area contributed by atoms with Crippen LogP contribution in [0.4, 0.5) is 5.69 Å². The average Bonchev–Trinajstić information content (AvgIpc) is 2.69. The van der Waals surface area contributed by atoms with Crippen LogP contribution in [0, 0.1) is 0 Å². The zero-order valence-electron chi connectivity index (χ0n) is 14.3. The van der Waals surface area contributed by atoms with Gasteiger partial charge in [-0.1, -0.05) is 6.07 Å². The molecule has 0 aliphatic heterocycles. The Bertz CT molecular complexity index is 1040. The second-order valence-corrected chi connectivity index (χ2v) is 7.25. The van der Waals surface area contributed by atoms with Crippen molar-refractivity contribution in [2.75, 3.05) is 12.4 Å². The SMILES string of the molecule is CNS(=O)(=O)c1ccc(C(=O)Nc2cccc(Oc3cnccn3)c2)cc1. The van der Waals surface area contributed by atoms with Gasteiger partial charge in [0.1, 0.15) is 5.75 Å². The number of hydrogen-bond acceptors (Lipinski definition) is 6. The van der Waals surface area contributed by atoms with Crippen molar-refractivity contribution in [3.05, 3.63) is 72.7 Å². The van der Waals surface area contributed by atoms with Gasteiger partial charge in [0, 0.05) is 29.7 Å². The summed E-state index contributed by atoms with van der Waals surface area (Å²) in [6.07, 6.45) is 4.53. The zero-order chi connectivity index (χ0) is 19.3. The number of anilines is 1. The molecule has 0 spiro atoms. The first-order valence-corrected chi connectivity index (χ1v) is 9.35. The summed E-state index contributed by atoms with van der Waals surface area (Å²) in [6, 6.07) is 12.4. The van der Waals surface area contributed by atoms with E-state index >= 15 is 0 Å². The van der Waals surface area contributed by atoms with Gasteiger partial charge < -0.3 is 10.1 Å². The lowest BCUT2D eigenvalue weighted by molar-refractivity contribution is 0.102. The normalized spacial score (nSPS) is 11.0. The van der Waals surface area contributed by atoms with Gasteiger partial charge in [-0.15, -0.1) is 0 Å². The van der Waals surface area contributed by atoms with E-state index in [0.29, 0.717) is 22.9 Å². The number of aromatic nitrogens is 2. The van der Waals surface area contributed by atoms with E-state index in [4.69, 9.17) is 4.74 Å². The van der Waals surface area contributed by atoms with Crippen LogP contribution >= 0.6 is 0 Å². The van der Waals surface area contributed by atoms with E-state index in [1.165, 1.54) is 49.9 Å². The Morgan fingerprint density at radius 3 is 2.52 bits per heavy atom. The molecule has 138 valence electrons. The third-order valence-electron chi connectivity index (χ3n) is 3.55. The number of ether oxygens (including phenoxy) is 1. The number of nitrogens with one attached hydrogen (secondary N) is 2. The van der Waals surface area contributed by atoms with E-state index in [9.17, 15) is 13.2 Å². The molecule has 0 atom stereocenters. The van der Waals surface area contributed by atoms with Crippen molar-refractivity contribution < 1.29 is 17.9 Å². The van der Waals surface area contributed by atoms with Crippen LogP contribution in [0.2, 0.25) is 0 Å². The summed E-state index contributed by atoms with van der Waals surface area (Å²) in [4.78, 5) is 20.4. The number of carbonyl (C=O) groups excluding carboxylic acids is 1. The quantitative estimate of drug-likeness (QED) is 0.675. The van der Waals surface area contributed by atoms with Crippen LogP contribution in [-0.2, 0) is 10.0 Å². The predicted octanol–water partition coefficient (Wildman–Crippen LogP) is 2.43. The molecule has 0 saturated heterocycles. The number of sulfonamides is 1. The molecule has 9 heteroatoms. The van der Waals surface area contributed by atoms with E-state index < -0.39 is 10.0 Å². The molecule has 3 rings (SSSR count). The second-order valence-electron chi connectivity index (χ2n) is 5.36. The molecular weight excluding hydrogens is 368 g/mol. The van der Waals surface area contributed by atoms with Gasteiger partial charge >= 0.3 is 0 Å². The fraction of sp³-hybridized carbons (Fsp3) is 0.0556. The first-order valence-electron chi connectivity index (χ1n) is 7.87. The molecule has 0 aliphatic carbocycles. The summed E-state index contributed by atoms with van der Waals surface area (Å²) in [5.41, 5.74) is 0.846.